The van der Waals surface area contributed by atoms with E-state index in [0.717, 1.165) is 24.8 Å². The average Bonchev–Trinajstić information content (AvgIpc) is 2.95. The van der Waals surface area contributed by atoms with Gasteiger partial charge in [0, 0.05) is 19.0 Å². The third kappa shape index (κ3) is 4.48. The number of carbonyl (C=O) groups excluding carboxylic acids is 1. The summed E-state index contributed by atoms with van der Waals surface area (Å²) in [5.41, 5.74) is 0.174. The quantitative estimate of drug-likeness (QED) is 0.784. The van der Waals surface area contributed by atoms with Gasteiger partial charge < -0.3 is 14.8 Å². The number of hydrogen-bond acceptors (Lipinski definition) is 5. The third-order valence-corrected chi connectivity index (χ3v) is 5.32. The van der Waals surface area contributed by atoms with Crippen LogP contribution in [-0.4, -0.2) is 31.3 Å². The molecule has 0 radical (unpaired) electrons. The van der Waals surface area contributed by atoms with E-state index in [1.165, 1.54) is 19.3 Å². The molecule has 1 atom stereocenters. The summed E-state index contributed by atoms with van der Waals surface area (Å²) in [4.78, 5) is 23.8. The van der Waals surface area contributed by atoms with Crippen LogP contribution in [0.3, 0.4) is 0 Å². The number of methoxy groups -OCH3 is 2. The molecule has 3 rings (SSSR count). The number of benzene rings is 1. The van der Waals surface area contributed by atoms with Crippen LogP contribution in [0.25, 0.3) is 0 Å². The fourth-order valence-corrected chi connectivity index (χ4v) is 4.05. The lowest BCUT2D eigenvalue weighted by Gasteiger charge is -2.30. The summed E-state index contributed by atoms with van der Waals surface area (Å²) in [5.74, 6) is 1.35. The molecule has 144 valence electrons. The second kappa shape index (κ2) is 7.84. The van der Waals surface area contributed by atoms with E-state index in [2.05, 4.69) is 5.32 Å². The van der Waals surface area contributed by atoms with E-state index < -0.39 is 5.60 Å². The van der Waals surface area contributed by atoms with E-state index in [1.807, 2.05) is 19.1 Å². The highest BCUT2D eigenvalue weighted by molar-refractivity contribution is 5.77. The van der Waals surface area contributed by atoms with Crippen LogP contribution in [0.15, 0.2) is 18.2 Å². The monoisotopic (exact) mass is 363 g/mol. The topological polar surface area (TPSA) is 66.0 Å². The van der Waals surface area contributed by atoms with Crippen molar-refractivity contribution in [2.24, 2.45) is 0 Å². The number of amides is 1. The molecular weight excluding hydrogens is 334 g/mol. The van der Waals surface area contributed by atoms with Gasteiger partial charge in [0.1, 0.15) is 22.7 Å². The van der Waals surface area contributed by atoms with Gasteiger partial charge in [0.25, 0.3) is 0 Å². The molecule has 1 heterocycles. The van der Waals surface area contributed by atoms with Gasteiger partial charge in [-0.2, -0.15) is 0 Å². The molecule has 1 aliphatic heterocycles. The zero-order valence-corrected chi connectivity index (χ0v) is 15.9. The van der Waals surface area contributed by atoms with Crippen molar-refractivity contribution in [1.29, 1.82) is 0 Å². The van der Waals surface area contributed by atoms with Gasteiger partial charge in [-0.1, -0.05) is 19.3 Å². The minimum absolute atomic E-state index is 0.0502. The largest absolute Gasteiger partial charge is 0.497 e. The maximum atomic E-state index is 12.4. The van der Waals surface area contributed by atoms with Crippen LogP contribution in [0, 0.1) is 0 Å². The van der Waals surface area contributed by atoms with Gasteiger partial charge in [-0.15, -0.1) is 0 Å². The Morgan fingerprint density at radius 1 is 1.08 bits per heavy atom. The van der Waals surface area contributed by atoms with E-state index in [4.69, 9.17) is 19.2 Å². The SMILES string of the molecule is COc1cc(CNC(=O)CC2(C)CC3(CCCCC3)OO2)cc(OC)c1. The summed E-state index contributed by atoms with van der Waals surface area (Å²) in [6, 6.07) is 5.58. The van der Waals surface area contributed by atoms with E-state index in [9.17, 15) is 4.79 Å². The van der Waals surface area contributed by atoms with Crippen molar-refractivity contribution in [3.8, 4) is 11.5 Å². The summed E-state index contributed by atoms with van der Waals surface area (Å²) in [6.45, 7) is 2.37. The normalized spacial score (nSPS) is 24.4. The smallest absolute Gasteiger partial charge is 0.223 e. The van der Waals surface area contributed by atoms with Crippen molar-refractivity contribution in [2.75, 3.05) is 14.2 Å². The second-order valence-corrected chi connectivity index (χ2v) is 7.71. The van der Waals surface area contributed by atoms with Crippen LogP contribution in [0.2, 0.25) is 0 Å². The molecule has 1 amide bonds. The molecular formula is C20H29NO5. The molecule has 1 aromatic rings. The maximum absolute atomic E-state index is 12.4. The number of nitrogens with one attached hydrogen (secondary N) is 1. The fraction of sp³-hybridized carbons (Fsp3) is 0.650. The highest BCUT2D eigenvalue weighted by atomic mass is 17.2. The first kappa shape index (κ1) is 19.0. The van der Waals surface area contributed by atoms with Crippen LogP contribution < -0.4 is 14.8 Å². The maximum Gasteiger partial charge on any atom is 0.223 e. The highest BCUT2D eigenvalue weighted by Gasteiger charge is 2.50. The Hall–Kier alpha value is -1.79. The lowest BCUT2D eigenvalue weighted by atomic mass is 9.77. The number of carbonyl (C=O) groups is 1. The third-order valence-electron chi connectivity index (χ3n) is 5.32. The Labute approximate surface area is 155 Å². The molecule has 26 heavy (non-hydrogen) atoms. The molecule has 2 aliphatic rings. The standard InChI is InChI=1S/C20H29NO5/c1-19(14-20(26-25-19)7-5-4-6-8-20)12-18(22)21-13-15-9-16(23-2)11-17(10-15)24-3/h9-11H,4-8,12-14H2,1-3H3,(H,21,22). The fourth-order valence-electron chi connectivity index (χ4n) is 4.05. The predicted molar refractivity (Wildman–Crippen MR) is 97.0 cm³/mol. The Kier molecular flexibility index (Phi) is 5.73. The molecule has 1 spiro atoms. The molecule has 0 bridgehead atoms. The minimum atomic E-state index is -0.562. The predicted octanol–water partition coefficient (Wildman–Crippen LogP) is 3.52. The van der Waals surface area contributed by atoms with E-state index in [0.29, 0.717) is 18.0 Å². The van der Waals surface area contributed by atoms with E-state index in [1.54, 1.807) is 20.3 Å². The van der Waals surface area contributed by atoms with Crippen LogP contribution in [0.4, 0.5) is 0 Å². The first-order valence-electron chi connectivity index (χ1n) is 9.31. The lowest BCUT2D eigenvalue weighted by molar-refractivity contribution is -0.351. The van der Waals surface area contributed by atoms with Gasteiger partial charge in [0.15, 0.2) is 0 Å². The van der Waals surface area contributed by atoms with Gasteiger partial charge >= 0.3 is 0 Å². The number of hydrogen-bond donors (Lipinski definition) is 1. The van der Waals surface area contributed by atoms with Gasteiger partial charge in [0.05, 0.1) is 20.6 Å². The summed E-state index contributed by atoms with van der Waals surface area (Å²) in [7, 11) is 3.22. The van der Waals surface area contributed by atoms with Crippen molar-refractivity contribution < 1.29 is 24.0 Å². The molecule has 1 aliphatic carbocycles. The zero-order chi connectivity index (χ0) is 18.6. The summed E-state index contributed by atoms with van der Waals surface area (Å²) < 4.78 is 10.5. The zero-order valence-electron chi connectivity index (χ0n) is 15.9. The van der Waals surface area contributed by atoms with Gasteiger partial charge in [-0.25, -0.2) is 9.78 Å². The molecule has 1 unspecified atom stereocenters. The molecule has 1 N–H and O–H groups in total. The van der Waals surface area contributed by atoms with Crippen LogP contribution in [0.1, 0.15) is 57.4 Å². The Bertz CT molecular complexity index is 619. The number of rotatable bonds is 6. The lowest BCUT2D eigenvalue weighted by Crippen LogP contribution is -2.37. The van der Waals surface area contributed by atoms with Gasteiger partial charge in [-0.3, -0.25) is 4.79 Å². The molecule has 1 aromatic carbocycles. The Morgan fingerprint density at radius 3 is 2.35 bits per heavy atom. The second-order valence-electron chi connectivity index (χ2n) is 7.71. The molecule has 2 fully saturated rings. The van der Waals surface area contributed by atoms with Gasteiger partial charge in [0.2, 0.25) is 5.91 Å². The molecule has 6 nitrogen and oxygen atoms in total. The molecule has 1 saturated carbocycles. The van der Waals surface area contributed by atoms with Crippen molar-refractivity contribution in [3.63, 3.8) is 0 Å². The van der Waals surface area contributed by atoms with Crippen LogP contribution in [-0.2, 0) is 21.1 Å². The first-order valence-corrected chi connectivity index (χ1v) is 9.31. The Morgan fingerprint density at radius 2 is 1.73 bits per heavy atom. The first-order chi connectivity index (χ1) is 12.5. The Balaban J connectivity index is 1.54. The van der Waals surface area contributed by atoms with Crippen molar-refractivity contribution >= 4 is 5.91 Å². The van der Waals surface area contributed by atoms with Gasteiger partial charge in [-0.05, 0) is 37.5 Å². The number of ether oxygens (including phenoxy) is 2. The van der Waals surface area contributed by atoms with Crippen LogP contribution in [0.5, 0.6) is 11.5 Å². The highest BCUT2D eigenvalue weighted by Crippen LogP contribution is 2.46. The molecule has 0 aromatic heterocycles. The molecule has 1 saturated heterocycles. The summed E-state index contributed by atoms with van der Waals surface area (Å²) >= 11 is 0. The molecule has 6 heteroatoms. The van der Waals surface area contributed by atoms with Crippen molar-refractivity contribution in [1.82, 2.24) is 5.32 Å². The minimum Gasteiger partial charge on any atom is -0.497 e. The van der Waals surface area contributed by atoms with Crippen molar-refractivity contribution in [3.05, 3.63) is 23.8 Å². The van der Waals surface area contributed by atoms with E-state index in [-0.39, 0.29) is 17.9 Å². The summed E-state index contributed by atoms with van der Waals surface area (Å²) in [6.07, 6.45) is 6.71. The van der Waals surface area contributed by atoms with Crippen molar-refractivity contribution in [2.45, 2.75) is 69.6 Å². The van der Waals surface area contributed by atoms with Crippen LogP contribution >= 0.6 is 0 Å². The summed E-state index contributed by atoms with van der Waals surface area (Å²) in [5, 5.41) is 2.96. The average molecular weight is 363 g/mol. The van der Waals surface area contributed by atoms with E-state index >= 15 is 0 Å².